The fourth-order valence-electron chi connectivity index (χ4n) is 3.61. The molecular weight excluding hydrogens is 448 g/mol. The Morgan fingerprint density at radius 1 is 0.971 bits per heavy atom. The second-order valence-corrected chi connectivity index (χ2v) is 8.65. The van der Waals surface area contributed by atoms with Crippen molar-refractivity contribution in [2.45, 2.75) is 6.42 Å². The Bertz CT molecular complexity index is 1640. The topological polar surface area (TPSA) is 122 Å². The Morgan fingerprint density at radius 2 is 1.94 bits per heavy atom. The number of nitrogens with one attached hydrogen (secondary N) is 2. The van der Waals surface area contributed by atoms with E-state index in [0.717, 1.165) is 37.9 Å². The molecular formula is C24H16N8OS. The number of carbonyl (C=O) groups excluding carboxylic acids is 1. The van der Waals surface area contributed by atoms with E-state index in [2.05, 4.69) is 40.7 Å². The number of hydrogen-bond donors (Lipinski definition) is 2. The first-order chi connectivity index (χ1) is 16.7. The summed E-state index contributed by atoms with van der Waals surface area (Å²) < 4.78 is 0.933. The molecule has 34 heavy (non-hydrogen) atoms. The molecule has 2 aromatic carbocycles. The maximum Gasteiger partial charge on any atom is 0.195 e. The van der Waals surface area contributed by atoms with E-state index in [1.54, 1.807) is 30.9 Å². The van der Waals surface area contributed by atoms with Gasteiger partial charge in [-0.25, -0.2) is 15.0 Å². The largest absolute Gasteiger partial charge is 0.340 e. The van der Waals surface area contributed by atoms with Crippen molar-refractivity contribution in [1.29, 1.82) is 0 Å². The van der Waals surface area contributed by atoms with Gasteiger partial charge in [-0.15, -0.1) is 11.3 Å². The van der Waals surface area contributed by atoms with Gasteiger partial charge in [0.25, 0.3) is 0 Å². The van der Waals surface area contributed by atoms with Crippen molar-refractivity contribution in [1.82, 2.24) is 35.3 Å². The fourth-order valence-corrected chi connectivity index (χ4v) is 4.49. The maximum absolute atomic E-state index is 12.7. The number of hydrogen-bond acceptors (Lipinski definition) is 9. The zero-order valence-corrected chi connectivity index (χ0v) is 18.5. The molecule has 0 aliphatic heterocycles. The summed E-state index contributed by atoms with van der Waals surface area (Å²) in [6.07, 6.45) is 6.90. The molecule has 0 amide bonds. The van der Waals surface area contributed by atoms with Crippen molar-refractivity contribution in [3.63, 3.8) is 0 Å². The first-order valence-corrected chi connectivity index (χ1v) is 11.3. The Morgan fingerprint density at radius 3 is 2.85 bits per heavy atom. The van der Waals surface area contributed by atoms with Gasteiger partial charge >= 0.3 is 0 Å². The number of carbonyl (C=O) groups is 1. The van der Waals surface area contributed by atoms with Crippen LogP contribution in [0.5, 0.6) is 0 Å². The third-order valence-electron chi connectivity index (χ3n) is 5.26. The van der Waals surface area contributed by atoms with Crippen molar-refractivity contribution in [3.05, 3.63) is 83.9 Å². The van der Waals surface area contributed by atoms with Crippen LogP contribution in [0.4, 0.5) is 11.5 Å². The van der Waals surface area contributed by atoms with Crippen LogP contribution in [-0.4, -0.2) is 41.1 Å². The number of aromatic nitrogens is 7. The Hall–Kier alpha value is -4.57. The lowest BCUT2D eigenvalue weighted by Gasteiger charge is -2.07. The number of anilines is 2. The number of nitrogens with zero attached hydrogens (tertiary/aromatic N) is 6. The summed E-state index contributed by atoms with van der Waals surface area (Å²) in [7, 11) is 0. The first-order valence-electron chi connectivity index (χ1n) is 10.4. The lowest BCUT2D eigenvalue weighted by Crippen LogP contribution is -2.03. The van der Waals surface area contributed by atoms with Crippen molar-refractivity contribution >= 4 is 49.7 Å². The number of ketones is 1. The minimum Gasteiger partial charge on any atom is -0.340 e. The van der Waals surface area contributed by atoms with E-state index in [4.69, 9.17) is 0 Å². The third kappa shape index (κ3) is 3.97. The van der Waals surface area contributed by atoms with Gasteiger partial charge in [0.2, 0.25) is 0 Å². The summed E-state index contributed by atoms with van der Waals surface area (Å²) in [4.78, 5) is 26.3. The summed E-state index contributed by atoms with van der Waals surface area (Å²) in [5.74, 6) is 1.20. The summed E-state index contributed by atoms with van der Waals surface area (Å²) in [6.45, 7) is 0. The molecule has 0 aliphatic carbocycles. The molecule has 0 fully saturated rings. The number of thiazole rings is 1. The van der Waals surface area contributed by atoms with Gasteiger partial charge in [-0.2, -0.15) is 15.3 Å². The molecule has 4 aromatic heterocycles. The number of aromatic amines is 1. The molecule has 6 aromatic rings. The Labute approximate surface area is 197 Å². The first kappa shape index (κ1) is 20.1. The van der Waals surface area contributed by atoms with Crippen molar-refractivity contribution in [2.75, 3.05) is 5.32 Å². The van der Waals surface area contributed by atoms with E-state index >= 15 is 0 Å². The van der Waals surface area contributed by atoms with Crippen LogP contribution in [0.2, 0.25) is 0 Å². The molecule has 0 atom stereocenters. The highest BCUT2D eigenvalue weighted by molar-refractivity contribution is 7.20. The van der Waals surface area contributed by atoms with E-state index < -0.39 is 0 Å². The van der Waals surface area contributed by atoms with Crippen LogP contribution in [0.25, 0.3) is 32.5 Å². The van der Waals surface area contributed by atoms with Crippen LogP contribution < -0.4 is 5.32 Å². The molecule has 6 rings (SSSR count). The minimum absolute atomic E-state index is 0.0483. The molecule has 0 radical (unpaired) electrons. The van der Waals surface area contributed by atoms with E-state index in [0.29, 0.717) is 16.6 Å². The van der Waals surface area contributed by atoms with E-state index in [1.807, 2.05) is 42.5 Å². The lowest BCUT2D eigenvalue weighted by molar-refractivity contribution is 0.0992. The summed E-state index contributed by atoms with van der Waals surface area (Å²) in [6, 6.07) is 15.3. The van der Waals surface area contributed by atoms with Gasteiger partial charge in [0.05, 0.1) is 28.1 Å². The van der Waals surface area contributed by atoms with E-state index in [9.17, 15) is 4.79 Å². The highest BCUT2D eigenvalue weighted by Gasteiger charge is 2.14. The van der Waals surface area contributed by atoms with Crippen molar-refractivity contribution < 1.29 is 4.79 Å². The zero-order chi connectivity index (χ0) is 22.9. The van der Waals surface area contributed by atoms with Gasteiger partial charge in [0.1, 0.15) is 5.82 Å². The number of H-pyrrole nitrogens is 1. The number of fused-ring (bicyclic) bond motifs is 2. The molecule has 10 heteroatoms. The molecule has 2 N–H and O–H groups in total. The van der Waals surface area contributed by atoms with Gasteiger partial charge in [0, 0.05) is 35.5 Å². The average Bonchev–Trinajstić information content (AvgIpc) is 3.51. The number of benzene rings is 2. The third-order valence-corrected chi connectivity index (χ3v) is 6.34. The van der Waals surface area contributed by atoms with Gasteiger partial charge in [0.15, 0.2) is 16.6 Å². The SMILES string of the molecule is O=C(Cc1ccnnc1)c1nc2cc(-c3nccc(Nc4ccc5[nH]ncc5c4)n3)ccc2s1. The molecule has 0 bridgehead atoms. The van der Waals surface area contributed by atoms with Gasteiger partial charge in [-0.05, 0) is 54.1 Å². The summed E-state index contributed by atoms with van der Waals surface area (Å²) in [5, 5.41) is 19.4. The standard InChI is InChI=1S/C24H16N8OS/c33-20(9-14-5-8-26-27-12-14)24-30-19-11-15(1-4-21(19)34-24)23-25-7-6-22(31-23)29-17-2-3-18-16(10-17)13-28-32-18/h1-8,10-13H,9H2,(H,28,32)(H,25,29,31). The van der Waals surface area contributed by atoms with Crippen LogP contribution in [0.15, 0.2) is 73.3 Å². The van der Waals surface area contributed by atoms with Gasteiger partial charge in [-0.3, -0.25) is 9.89 Å². The maximum atomic E-state index is 12.7. The molecule has 0 saturated carbocycles. The molecule has 0 unspecified atom stereocenters. The van der Waals surface area contributed by atoms with Crippen molar-refractivity contribution in [2.24, 2.45) is 0 Å². The molecule has 4 heterocycles. The van der Waals surface area contributed by atoms with Gasteiger partial charge < -0.3 is 5.32 Å². The minimum atomic E-state index is -0.0483. The predicted molar refractivity (Wildman–Crippen MR) is 130 cm³/mol. The quantitative estimate of drug-likeness (QED) is 0.343. The highest BCUT2D eigenvalue weighted by Crippen LogP contribution is 2.28. The Kier molecular flexibility index (Phi) is 4.96. The molecule has 9 nitrogen and oxygen atoms in total. The van der Waals surface area contributed by atoms with Crippen molar-refractivity contribution in [3.8, 4) is 11.4 Å². The zero-order valence-electron chi connectivity index (χ0n) is 17.6. The molecule has 164 valence electrons. The number of Topliss-reactive ketones (excluding diaryl/α,β-unsaturated/α-hetero) is 1. The molecule has 0 saturated heterocycles. The lowest BCUT2D eigenvalue weighted by atomic mass is 10.1. The van der Waals surface area contributed by atoms with Gasteiger partial charge in [-0.1, -0.05) is 0 Å². The van der Waals surface area contributed by atoms with E-state index in [1.165, 1.54) is 11.3 Å². The summed E-state index contributed by atoms with van der Waals surface area (Å²) >= 11 is 1.38. The van der Waals surface area contributed by atoms with E-state index in [-0.39, 0.29) is 12.2 Å². The number of rotatable bonds is 6. The fraction of sp³-hybridized carbons (Fsp3) is 0.0417. The monoisotopic (exact) mass is 464 g/mol. The molecule has 0 spiro atoms. The second-order valence-electron chi connectivity index (χ2n) is 7.61. The van der Waals surface area contributed by atoms with Crippen LogP contribution in [-0.2, 0) is 6.42 Å². The predicted octanol–water partition coefficient (Wildman–Crippen LogP) is 4.59. The average molecular weight is 465 g/mol. The van der Waals surface area contributed by atoms with Crippen LogP contribution >= 0.6 is 11.3 Å². The second kappa shape index (κ2) is 8.41. The summed E-state index contributed by atoms with van der Waals surface area (Å²) in [5.41, 5.74) is 4.25. The van der Waals surface area contributed by atoms with Crippen LogP contribution in [0, 0.1) is 0 Å². The Balaban J connectivity index is 1.25. The smallest absolute Gasteiger partial charge is 0.195 e. The van der Waals surface area contributed by atoms with Crippen LogP contribution in [0.3, 0.4) is 0 Å². The molecule has 0 aliphatic rings. The normalized spacial score (nSPS) is 11.2. The highest BCUT2D eigenvalue weighted by atomic mass is 32.1. The van der Waals surface area contributed by atoms with Crippen LogP contribution in [0.1, 0.15) is 15.4 Å².